The molecule has 0 fully saturated rings. The molecule has 2 heteroatoms. The van der Waals surface area contributed by atoms with Crippen molar-refractivity contribution >= 4 is 11.6 Å². The molecule has 11 heavy (non-hydrogen) atoms. The Kier molecular flexibility index (Phi) is 2.36. The Balaban J connectivity index is 2.81. The van der Waals surface area contributed by atoms with Crippen LogP contribution in [0.3, 0.4) is 0 Å². The van der Waals surface area contributed by atoms with Gasteiger partial charge in [0.25, 0.3) is 0 Å². The number of carbonyl (C=O) groups excluding carboxylic acids is 1. The number of rotatable bonds is 0. The number of allylic oxidation sites excluding steroid dienone is 4. The summed E-state index contributed by atoms with van der Waals surface area (Å²) >= 11 is 0. The molecule has 0 radical (unpaired) electrons. The molecule has 0 saturated heterocycles. The van der Waals surface area contributed by atoms with Crippen molar-refractivity contribution in [3.05, 3.63) is 23.8 Å². The maximum absolute atomic E-state index is 10.6. The van der Waals surface area contributed by atoms with Gasteiger partial charge >= 0.3 is 5.91 Å². The molecule has 0 heterocycles. The third-order valence-electron chi connectivity index (χ3n) is 1.46. The molecule has 0 unspecified atom stereocenters. The van der Waals surface area contributed by atoms with Crippen LogP contribution < -0.4 is 4.99 Å². The zero-order chi connectivity index (χ0) is 8.27. The molecule has 58 valence electrons. The lowest BCUT2D eigenvalue weighted by molar-refractivity contribution is -0.373. The number of carbonyl (C=O) groups is 1. The first kappa shape index (κ1) is 7.92. The van der Waals surface area contributed by atoms with Gasteiger partial charge < -0.3 is 0 Å². The van der Waals surface area contributed by atoms with Crippen molar-refractivity contribution in [1.82, 2.24) is 0 Å². The molecule has 1 rings (SSSR count). The number of nitrogens with one attached hydrogen (secondary N) is 1. The highest BCUT2D eigenvalue weighted by atomic mass is 16.1. The summed E-state index contributed by atoms with van der Waals surface area (Å²) in [6, 6.07) is 0. The molecule has 0 saturated carbocycles. The van der Waals surface area contributed by atoms with Crippen LogP contribution in [0.4, 0.5) is 0 Å². The van der Waals surface area contributed by atoms with Crippen molar-refractivity contribution in [2.75, 3.05) is 0 Å². The van der Waals surface area contributed by atoms with Gasteiger partial charge in [0.05, 0.1) is 6.92 Å². The number of amides is 1. The van der Waals surface area contributed by atoms with Crippen LogP contribution in [0, 0.1) is 0 Å². The minimum atomic E-state index is -0.0180. The van der Waals surface area contributed by atoms with Crippen molar-refractivity contribution in [2.45, 2.75) is 20.3 Å². The van der Waals surface area contributed by atoms with Crippen LogP contribution in [0.2, 0.25) is 0 Å². The van der Waals surface area contributed by atoms with E-state index in [9.17, 15) is 4.79 Å². The van der Waals surface area contributed by atoms with Crippen LogP contribution in [0.25, 0.3) is 0 Å². The fraction of sp³-hybridized carbons (Fsp3) is 0.333. The van der Waals surface area contributed by atoms with Gasteiger partial charge in [0, 0.05) is 12.2 Å². The van der Waals surface area contributed by atoms with Gasteiger partial charge in [-0.2, -0.15) is 4.99 Å². The monoisotopic (exact) mass is 150 g/mol. The Hall–Kier alpha value is -1.18. The number of hydrogen-bond acceptors (Lipinski definition) is 1. The largest absolute Gasteiger partial charge is 0.382 e. The predicted molar refractivity (Wildman–Crippen MR) is 44.2 cm³/mol. The topological polar surface area (TPSA) is 31.0 Å². The zero-order valence-electron chi connectivity index (χ0n) is 6.85. The van der Waals surface area contributed by atoms with Crippen LogP contribution in [0.1, 0.15) is 20.3 Å². The van der Waals surface area contributed by atoms with E-state index in [2.05, 4.69) is 4.99 Å². The third-order valence-corrected chi connectivity index (χ3v) is 1.46. The Morgan fingerprint density at radius 3 is 2.91 bits per heavy atom. The second-order valence-corrected chi connectivity index (χ2v) is 2.73. The van der Waals surface area contributed by atoms with E-state index in [-0.39, 0.29) is 5.91 Å². The highest BCUT2D eigenvalue weighted by Gasteiger charge is 2.04. The summed E-state index contributed by atoms with van der Waals surface area (Å²) in [7, 11) is 0. The van der Waals surface area contributed by atoms with Crippen LogP contribution in [0.5, 0.6) is 0 Å². The van der Waals surface area contributed by atoms with Crippen molar-refractivity contribution in [3.63, 3.8) is 0 Å². The lowest BCUT2D eigenvalue weighted by Gasteiger charge is -1.98. The van der Waals surface area contributed by atoms with E-state index < -0.39 is 0 Å². The summed E-state index contributed by atoms with van der Waals surface area (Å²) in [4.78, 5) is 13.4. The molecule has 0 aliphatic heterocycles. The predicted octanol–water partition coefficient (Wildman–Crippen LogP) is -0.0393. The van der Waals surface area contributed by atoms with E-state index >= 15 is 0 Å². The van der Waals surface area contributed by atoms with E-state index in [1.165, 1.54) is 12.5 Å². The SMILES string of the molecule is CC(=O)[NH+]=C1C=CCC(C)=C1. The van der Waals surface area contributed by atoms with E-state index in [0.29, 0.717) is 0 Å². The van der Waals surface area contributed by atoms with Gasteiger partial charge in [0.15, 0.2) is 0 Å². The lowest BCUT2D eigenvalue weighted by atomic mass is 10.1. The first-order valence-corrected chi connectivity index (χ1v) is 3.67. The second kappa shape index (κ2) is 3.28. The molecule has 0 atom stereocenters. The van der Waals surface area contributed by atoms with Crippen molar-refractivity contribution in [3.8, 4) is 0 Å². The van der Waals surface area contributed by atoms with Gasteiger partial charge in [0.1, 0.15) is 0 Å². The minimum Gasteiger partial charge on any atom is -0.220 e. The Bertz CT molecular complexity index is 259. The minimum absolute atomic E-state index is 0.0180. The van der Waals surface area contributed by atoms with Gasteiger partial charge in [0.2, 0.25) is 5.71 Å². The van der Waals surface area contributed by atoms with Gasteiger partial charge in [-0.15, -0.1) is 0 Å². The first-order valence-electron chi connectivity index (χ1n) is 3.67. The average molecular weight is 150 g/mol. The second-order valence-electron chi connectivity index (χ2n) is 2.73. The number of hydrogen-bond donors (Lipinski definition) is 1. The molecule has 0 aromatic heterocycles. The molecule has 0 spiro atoms. The summed E-state index contributed by atoms with van der Waals surface area (Å²) in [5, 5.41) is 0. The van der Waals surface area contributed by atoms with E-state index in [0.717, 1.165) is 12.1 Å². The fourth-order valence-corrected chi connectivity index (χ4v) is 1.03. The molecule has 1 N–H and O–H groups in total. The first-order chi connectivity index (χ1) is 5.18. The molecule has 2 nitrogen and oxygen atoms in total. The Labute approximate surface area is 66.3 Å². The molecule has 1 amide bonds. The van der Waals surface area contributed by atoms with E-state index in [1.807, 2.05) is 25.2 Å². The fourth-order valence-electron chi connectivity index (χ4n) is 1.03. The highest BCUT2D eigenvalue weighted by molar-refractivity contribution is 6.02. The molecule has 0 bridgehead atoms. The van der Waals surface area contributed by atoms with Crippen molar-refractivity contribution in [2.24, 2.45) is 0 Å². The van der Waals surface area contributed by atoms with Gasteiger partial charge in [-0.25, -0.2) is 4.79 Å². The van der Waals surface area contributed by atoms with Crippen LogP contribution >= 0.6 is 0 Å². The smallest absolute Gasteiger partial charge is 0.220 e. The summed E-state index contributed by atoms with van der Waals surface area (Å²) in [6.07, 6.45) is 6.94. The molecule has 0 aromatic carbocycles. The summed E-state index contributed by atoms with van der Waals surface area (Å²) < 4.78 is 0. The molecule has 0 aromatic rings. The van der Waals surface area contributed by atoms with Gasteiger partial charge in [-0.1, -0.05) is 11.6 Å². The quantitative estimate of drug-likeness (QED) is 0.516. The average Bonchev–Trinajstić information content (AvgIpc) is 1.85. The Morgan fingerprint density at radius 2 is 2.36 bits per heavy atom. The highest BCUT2D eigenvalue weighted by Crippen LogP contribution is 2.05. The normalized spacial score (nSPS) is 20.2. The zero-order valence-corrected chi connectivity index (χ0v) is 6.85. The van der Waals surface area contributed by atoms with E-state index in [1.54, 1.807) is 0 Å². The van der Waals surface area contributed by atoms with Crippen molar-refractivity contribution in [1.29, 1.82) is 0 Å². The molecular formula is C9H12NO+. The molecule has 1 aliphatic rings. The summed E-state index contributed by atoms with van der Waals surface area (Å²) in [6.45, 7) is 3.56. The van der Waals surface area contributed by atoms with Crippen LogP contribution in [0.15, 0.2) is 23.8 Å². The summed E-state index contributed by atoms with van der Waals surface area (Å²) in [5.41, 5.74) is 2.16. The lowest BCUT2D eigenvalue weighted by Crippen LogP contribution is -2.75. The maximum atomic E-state index is 10.6. The molecular weight excluding hydrogens is 138 g/mol. The maximum Gasteiger partial charge on any atom is 0.382 e. The summed E-state index contributed by atoms with van der Waals surface area (Å²) in [5.74, 6) is -0.0180. The molecule has 1 aliphatic carbocycles. The van der Waals surface area contributed by atoms with Crippen LogP contribution in [-0.4, -0.2) is 11.6 Å². The third kappa shape index (κ3) is 2.50. The van der Waals surface area contributed by atoms with Crippen LogP contribution in [-0.2, 0) is 4.79 Å². The van der Waals surface area contributed by atoms with Gasteiger partial charge in [-0.05, 0) is 13.3 Å². The Morgan fingerprint density at radius 1 is 1.64 bits per heavy atom. The van der Waals surface area contributed by atoms with E-state index in [4.69, 9.17) is 0 Å². The standard InChI is InChI=1S/C9H11NO/c1-7-4-3-5-9(6-7)10-8(2)11/h3,5-6H,4H2,1-2H3/p+1. The van der Waals surface area contributed by atoms with Gasteiger partial charge in [-0.3, -0.25) is 0 Å². The van der Waals surface area contributed by atoms with Crippen molar-refractivity contribution < 1.29 is 9.79 Å².